The monoisotopic (exact) mass is 248 g/mol. The quantitative estimate of drug-likeness (QED) is 0.762. The van der Waals surface area contributed by atoms with Crippen LogP contribution in [0.3, 0.4) is 0 Å². The number of benzene rings is 1. The minimum Gasteiger partial charge on any atom is -0.377 e. The van der Waals surface area contributed by atoms with Crippen molar-refractivity contribution < 1.29 is 4.74 Å². The topological polar surface area (TPSA) is 33.3 Å². The Morgan fingerprint density at radius 3 is 2.76 bits per heavy atom. The van der Waals surface area contributed by atoms with Crippen LogP contribution < -0.4 is 10.6 Å². The summed E-state index contributed by atoms with van der Waals surface area (Å²) in [6, 6.07) is 10.5. The summed E-state index contributed by atoms with van der Waals surface area (Å²) in [4.78, 5) is 0.904. The first-order chi connectivity index (χ1) is 8.28. The van der Waals surface area contributed by atoms with Crippen LogP contribution in [-0.2, 0) is 11.2 Å². The van der Waals surface area contributed by atoms with E-state index in [9.17, 15) is 0 Å². The molecular weight excluding hydrogens is 232 g/mol. The van der Waals surface area contributed by atoms with Crippen molar-refractivity contribution in [2.75, 3.05) is 19.7 Å². The van der Waals surface area contributed by atoms with Crippen LogP contribution in [0.1, 0.15) is 5.56 Å². The molecule has 2 aliphatic heterocycles. The molecule has 0 aliphatic carbocycles. The molecule has 2 heterocycles. The van der Waals surface area contributed by atoms with Gasteiger partial charge in [0.2, 0.25) is 0 Å². The zero-order valence-electron chi connectivity index (χ0n) is 9.61. The highest BCUT2D eigenvalue weighted by molar-refractivity contribution is 7.80. The summed E-state index contributed by atoms with van der Waals surface area (Å²) < 4.78 is 5.72. The molecule has 1 spiro atoms. The SMILES string of the molecule is S=C1CNC2(CN1)COC2Cc1ccccc1. The fraction of sp³-hybridized carbons (Fsp3) is 0.462. The Morgan fingerprint density at radius 2 is 2.18 bits per heavy atom. The number of thiocarbonyl (C=S) groups is 1. The van der Waals surface area contributed by atoms with Crippen LogP contribution in [0.15, 0.2) is 30.3 Å². The van der Waals surface area contributed by atoms with Gasteiger partial charge in [-0.25, -0.2) is 0 Å². The van der Waals surface area contributed by atoms with Crippen molar-refractivity contribution in [3.8, 4) is 0 Å². The molecule has 1 aromatic rings. The lowest BCUT2D eigenvalue weighted by atomic mass is 9.82. The first-order valence-electron chi connectivity index (χ1n) is 5.96. The molecule has 0 aromatic heterocycles. The van der Waals surface area contributed by atoms with Gasteiger partial charge in [-0.3, -0.25) is 5.32 Å². The molecule has 2 saturated heterocycles. The average molecular weight is 248 g/mol. The van der Waals surface area contributed by atoms with Gasteiger partial charge in [-0.15, -0.1) is 0 Å². The number of ether oxygens (including phenoxy) is 1. The van der Waals surface area contributed by atoms with Crippen LogP contribution in [0.4, 0.5) is 0 Å². The van der Waals surface area contributed by atoms with Crippen LogP contribution in [0.2, 0.25) is 0 Å². The van der Waals surface area contributed by atoms with Crippen LogP contribution in [0.5, 0.6) is 0 Å². The molecule has 4 heteroatoms. The highest BCUT2D eigenvalue weighted by atomic mass is 32.1. The molecule has 2 aliphatic rings. The Bertz CT molecular complexity index is 411. The predicted octanol–water partition coefficient (Wildman–Crippen LogP) is 0.887. The van der Waals surface area contributed by atoms with Crippen molar-refractivity contribution in [2.24, 2.45) is 0 Å². The Hall–Kier alpha value is -0.970. The smallest absolute Gasteiger partial charge is 0.0894 e. The van der Waals surface area contributed by atoms with E-state index < -0.39 is 0 Å². The first kappa shape index (κ1) is 11.1. The first-order valence-corrected chi connectivity index (χ1v) is 6.37. The van der Waals surface area contributed by atoms with E-state index in [2.05, 4.69) is 34.9 Å². The largest absolute Gasteiger partial charge is 0.377 e. The summed E-state index contributed by atoms with van der Waals surface area (Å²) in [7, 11) is 0. The summed E-state index contributed by atoms with van der Waals surface area (Å²) in [6.07, 6.45) is 1.21. The van der Waals surface area contributed by atoms with Gasteiger partial charge in [0.1, 0.15) is 0 Å². The number of hydrogen-bond donors (Lipinski definition) is 2. The van der Waals surface area contributed by atoms with Gasteiger partial charge in [0.25, 0.3) is 0 Å². The Kier molecular flexibility index (Phi) is 2.86. The molecule has 0 saturated carbocycles. The van der Waals surface area contributed by atoms with Gasteiger partial charge in [0, 0.05) is 19.5 Å². The van der Waals surface area contributed by atoms with E-state index >= 15 is 0 Å². The summed E-state index contributed by atoms with van der Waals surface area (Å²) in [6.45, 7) is 2.42. The zero-order chi connectivity index (χ0) is 11.7. The average Bonchev–Trinajstić information content (AvgIpc) is 2.37. The third-order valence-electron chi connectivity index (χ3n) is 3.62. The lowest BCUT2D eigenvalue weighted by Crippen LogP contribution is -2.75. The number of nitrogens with one attached hydrogen (secondary N) is 2. The molecule has 90 valence electrons. The van der Waals surface area contributed by atoms with Gasteiger partial charge >= 0.3 is 0 Å². The number of rotatable bonds is 2. The van der Waals surface area contributed by atoms with E-state index in [1.54, 1.807) is 0 Å². The van der Waals surface area contributed by atoms with Gasteiger partial charge in [0.15, 0.2) is 0 Å². The summed E-state index contributed by atoms with van der Waals surface area (Å²) >= 11 is 5.13. The summed E-state index contributed by atoms with van der Waals surface area (Å²) in [5, 5.41) is 6.80. The van der Waals surface area contributed by atoms with E-state index in [0.717, 1.165) is 31.1 Å². The molecular formula is C13H16N2OS. The van der Waals surface area contributed by atoms with Gasteiger partial charge in [-0.2, -0.15) is 0 Å². The maximum absolute atomic E-state index is 5.72. The second-order valence-electron chi connectivity index (χ2n) is 4.78. The Balaban J connectivity index is 1.67. The molecule has 3 nitrogen and oxygen atoms in total. The molecule has 0 amide bonds. The second kappa shape index (κ2) is 4.37. The maximum Gasteiger partial charge on any atom is 0.0894 e. The van der Waals surface area contributed by atoms with E-state index in [0.29, 0.717) is 0 Å². The fourth-order valence-corrected chi connectivity index (χ4v) is 2.60. The van der Waals surface area contributed by atoms with Gasteiger partial charge in [-0.1, -0.05) is 42.5 Å². The standard InChI is InChI=1S/C13H16N2OS/c17-12-7-15-13(8-14-12)9-16-11(13)6-10-4-2-1-3-5-10/h1-5,11,15H,6-9H2,(H,14,17). The molecule has 3 rings (SSSR count). The van der Waals surface area contributed by atoms with E-state index in [4.69, 9.17) is 17.0 Å². The fourth-order valence-electron chi connectivity index (χ4n) is 2.45. The van der Waals surface area contributed by atoms with Crippen molar-refractivity contribution >= 4 is 17.2 Å². The van der Waals surface area contributed by atoms with E-state index in [1.165, 1.54) is 5.56 Å². The highest BCUT2D eigenvalue weighted by Crippen LogP contribution is 2.29. The molecule has 17 heavy (non-hydrogen) atoms. The van der Waals surface area contributed by atoms with Crippen molar-refractivity contribution in [3.63, 3.8) is 0 Å². The molecule has 0 bridgehead atoms. The molecule has 2 unspecified atom stereocenters. The second-order valence-corrected chi connectivity index (χ2v) is 5.27. The number of hydrogen-bond acceptors (Lipinski definition) is 3. The molecule has 2 atom stereocenters. The third kappa shape index (κ3) is 2.08. The third-order valence-corrected chi connectivity index (χ3v) is 3.91. The van der Waals surface area contributed by atoms with Gasteiger partial charge in [-0.05, 0) is 5.56 Å². The van der Waals surface area contributed by atoms with Crippen molar-refractivity contribution in [1.29, 1.82) is 0 Å². The molecule has 2 N–H and O–H groups in total. The normalized spacial score (nSPS) is 32.0. The molecule has 1 aromatic carbocycles. The minimum atomic E-state index is 0.0815. The lowest BCUT2D eigenvalue weighted by Gasteiger charge is -2.52. The van der Waals surface area contributed by atoms with Crippen LogP contribution in [0.25, 0.3) is 0 Å². The molecule has 0 radical (unpaired) electrons. The predicted molar refractivity (Wildman–Crippen MR) is 71.2 cm³/mol. The number of piperazine rings is 1. The van der Waals surface area contributed by atoms with Crippen molar-refractivity contribution in [2.45, 2.75) is 18.1 Å². The van der Waals surface area contributed by atoms with Gasteiger partial charge in [0.05, 0.1) is 23.2 Å². The zero-order valence-corrected chi connectivity index (χ0v) is 10.4. The highest BCUT2D eigenvalue weighted by Gasteiger charge is 2.49. The summed E-state index contributed by atoms with van der Waals surface area (Å²) in [5.41, 5.74) is 1.41. The van der Waals surface area contributed by atoms with E-state index in [-0.39, 0.29) is 11.6 Å². The van der Waals surface area contributed by atoms with Crippen molar-refractivity contribution in [1.82, 2.24) is 10.6 Å². The van der Waals surface area contributed by atoms with E-state index in [1.807, 2.05) is 6.07 Å². The van der Waals surface area contributed by atoms with Crippen LogP contribution in [-0.4, -0.2) is 36.3 Å². The van der Waals surface area contributed by atoms with Gasteiger partial charge < -0.3 is 10.1 Å². The molecule has 2 fully saturated rings. The Morgan fingerprint density at radius 1 is 1.35 bits per heavy atom. The van der Waals surface area contributed by atoms with Crippen LogP contribution >= 0.6 is 12.2 Å². The summed E-state index contributed by atoms with van der Waals surface area (Å²) in [5.74, 6) is 0. The Labute approximate surface area is 107 Å². The lowest BCUT2D eigenvalue weighted by molar-refractivity contribution is -0.146. The van der Waals surface area contributed by atoms with Crippen molar-refractivity contribution in [3.05, 3.63) is 35.9 Å². The maximum atomic E-state index is 5.72. The van der Waals surface area contributed by atoms with Crippen LogP contribution in [0, 0.1) is 0 Å². The minimum absolute atomic E-state index is 0.0815.